The van der Waals surface area contributed by atoms with Crippen molar-refractivity contribution in [3.05, 3.63) is 35.4 Å². The lowest BCUT2D eigenvalue weighted by molar-refractivity contribution is 0.0924. The van der Waals surface area contributed by atoms with Gasteiger partial charge in [-0.05, 0) is 36.0 Å². The van der Waals surface area contributed by atoms with Gasteiger partial charge in [0.2, 0.25) is 0 Å². The molecular formula is C17H24N2OS. The summed E-state index contributed by atoms with van der Waals surface area (Å²) in [5, 5.41) is 3.06. The van der Waals surface area contributed by atoms with Gasteiger partial charge in [-0.3, -0.25) is 4.79 Å². The van der Waals surface area contributed by atoms with Gasteiger partial charge in [0.15, 0.2) is 0 Å². The number of thiocarbonyl (C=S) groups is 1. The number of nitrogens with two attached hydrogens (primary N) is 1. The molecule has 0 aromatic heterocycles. The van der Waals surface area contributed by atoms with Crippen molar-refractivity contribution in [3.63, 3.8) is 0 Å². The summed E-state index contributed by atoms with van der Waals surface area (Å²) in [6.45, 7) is 6.47. The number of nitrogens with one attached hydrogen (secondary N) is 1. The maximum Gasteiger partial charge on any atom is 0.252 e. The van der Waals surface area contributed by atoms with E-state index in [0.717, 1.165) is 25.7 Å². The van der Waals surface area contributed by atoms with Crippen LogP contribution in [0.5, 0.6) is 0 Å². The summed E-state index contributed by atoms with van der Waals surface area (Å²) in [6, 6.07) is 7.77. The Labute approximate surface area is 132 Å². The second-order valence-corrected chi connectivity index (χ2v) is 7.37. The Kier molecular flexibility index (Phi) is 4.38. The fourth-order valence-corrected chi connectivity index (χ4v) is 3.08. The van der Waals surface area contributed by atoms with Crippen LogP contribution in [0.15, 0.2) is 24.3 Å². The van der Waals surface area contributed by atoms with Crippen LogP contribution in [0.4, 0.5) is 0 Å². The maximum absolute atomic E-state index is 12.4. The molecule has 1 aliphatic carbocycles. The van der Waals surface area contributed by atoms with Gasteiger partial charge in [0, 0.05) is 5.56 Å². The van der Waals surface area contributed by atoms with Crippen molar-refractivity contribution in [2.75, 3.05) is 0 Å². The average Bonchev–Trinajstić information content (AvgIpc) is 2.88. The molecule has 21 heavy (non-hydrogen) atoms. The molecule has 3 nitrogen and oxygen atoms in total. The molecule has 1 saturated carbocycles. The molecule has 4 heteroatoms. The minimum absolute atomic E-state index is 0.0838. The molecule has 0 unspecified atom stereocenters. The Morgan fingerprint density at radius 1 is 1.19 bits per heavy atom. The number of carbonyl (C=O) groups is 1. The molecule has 1 amide bonds. The van der Waals surface area contributed by atoms with Crippen LogP contribution in [0.2, 0.25) is 0 Å². The fourth-order valence-electron chi connectivity index (χ4n) is 2.82. The highest BCUT2D eigenvalue weighted by atomic mass is 32.1. The largest absolute Gasteiger partial charge is 0.391 e. The SMILES string of the molecule is CC(C)(C)c1ccc(C(=O)NC2(C(N)=S)CCCC2)cc1. The minimum atomic E-state index is -0.491. The van der Waals surface area contributed by atoms with E-state index in [1.54, 1.807) is 0 Å². The smallest absolute Gasteiger partial charge is 0.252 e. The van der Waals surface area contributed by atoms with E-state index in [2.05, 4.69) is 26.1 Å². The molecule has 1 aromatic carbocycles. The molecule has 2 rings (SSSR count). The highest BCUT2D eigenvalue weighted by molar-refractivity contribution is 7.80. The third-order valence-electron chi connectivity index (χ3n) is 4.29. The van der Waals surface area contributed by atoms with E-state index in [1.807, 2.05) is 24.3 Å². The Balaban J connectivity index is 2.15. The van der Waals surface area contributed by atoms with Crippen molar-refractivity contribution in [2.24, 2.45) is 5.73 Å². The van der Waals surface area contributed by atoms with E-state index in [0.29, 0.717) is 10.6 Å². The second kappa shape index (κ2) is 5.76. The van der Waals surface area contributed by atoms with Crippen LogP contribution in [0.1, 0.15) is 62.4 Å². The summed E-state index contributed by atoms with van der Waals surface area (Å²) in [5.74, 6) is -0.0924. The summed E-state index contributed by atoms with van der Waals surface area (Å²) in [5.41, 5.74) is 7.32. The van der Waals surface area contributed by atoms with E-state index >= 15 is 0 Å². The van der Waals surface area contributed by atoms with Crippen LogP contribution >= 0.6 is 12.2 Å². The third kappa shape index (κ3) is 3.43. The van der Waals surface area contributed by atoms with Gasteiger partial charge in [-0.25, -0.2) is 0 Å². The van der Waals surface area contributed by atoms with Gasteiger partial charge >= 0.3 is 0 Å². The van der Waals surface area contributed by atoms with Gasteiger partial charge in [0.25, 0.3) is 5.91 Å². The number of rotatable bonds is 3. The summed E-state index contributed by atoms with van der Waals surface area (Å²) >= 11 is 5.17. The zero-order valence-electron chi connectivity index (χ0n) is 13.0. The molecule has 114 valence electrons. The van der Waals surface area contributed by atoms with E-state index in [-0.39, 0.29) is 11.3 Å². The summed E-state index contributed by atoms with van der Waals surface area (Å²) in [4.78, 5) is 12.8. The fraction of sp³-hybridized carbons (Fsp3) is 0.529. The Hall–Kier alpha value is -1.42. The number of benzene rings is 1. The van der Waals surface area contributed by atoms with E-state index < -0.39 is 5.54 Å². The summed E-state index contributed by atoms with van der Waals surface area (Å²) < 4.78 is 0. The third-order valence-corrected chi connectivity index (χ3v) is 4.69. The van der Waals surface area contributed by atoms with Crippen LogP contribution in [0.3, 0.4) is 0 Å². The van der Waals surface area contributed by atoms with Crippen molar-refractivity contribution in [2.45, 2.75) is 57.4 Å². The Morgan fingerprint density at radius 2 is 1.71 bits per heavy atom. The van der Waals surface area contributed by atoms with Crippen LogP contribution < -0.4 is 11.1 Å². The molecule has 0 bridgehead atoms. The summed E-state index contributed by atoms with van der Waals surface area (Å²) in [6.07, 6.45) is 3.80. The predicted molar refractivity (Wildman–Crippen MR) is 90.6 cm³/mol. The van der Waals surface area contributed by atoms with Crippen molar-refractivity contribution in [1.82, 2.24) is 5.32 Å². The zero-order chi connectivity index (χ0) is 15.7. The lowest BCUT2D eigenvalue weighted by Crippen LogP contribution is -2.54. The monoisotopic (exact) mass is 304 g/mol. The lowest BCUT2D eigenvalue weighted by atomic mass is 9.86. The van der Waals surface area contributed by atoms with Gasteiger partial charge in [0.1, 0.15) is 0 Å². The van der Waals surface area contributed by atoms with Crippen LogP contribution in [-0.4, -0.2) is 16.4 Å². The van der Waals surface area contributed by atoms with Gasteiger partial charge in [0.05, 0.1) is 10.5 Å². The molecule has 0 atom stereocenters. The maximum atomic E-state index is 12.4. The first-order chi connectivity index (χ1) is 9.74. The first-order valence-corrected chi connectivity index (χ1v) is 7.88. The van der Waals surface area contributed by atoms with Gasteiger partial charge in [-0.15, -0.1) is 0 Å². The van der Waals surface area contributed by atoms with Crippen molar-refractivity contribution in [3.8, 4) is 0 Å². The molecule has 1 aromatic rings. The number of carbonyl (C=O) groups excluding carboxylic acids is 1. The first kappa shape index (κ1) is 16.0. The number of amides is 1. The van der Waals surface area contributed by atoms with Gasteiger partial charge < -0.3 is 11.1 Å². The average molecular weight is 304 g/mol. The minimum Gasteiger partial charge on any atom is -0.391 e. The predicted octanol–water partition coefficient (Wildman–Crippen LogP) is 3.31. The first-order valence-electron chi connectivity index (χ1n) is 7.48. The molecule has 1 aliphatic rings. The molecule has 1 fully saturated rings. The van der Waals surface area contributed by atoms with Crippen LogP contribution in [0, 0.1) is 0 Å². The number of hydrogen-bond donors (Lipinski definition) is 2. The van der Waals surface area contributed by atoms with E-state index in [9.17, 15) is 4.79 Å². The van der Waals surface area contributed by atoms with Crippen LogP contribution in [-0.2, 0) is 5.41 Å². The standard InChI is InChI=1S/C17H24N2OS/c1-16(2,3)13-8-6-12(7-9-13)14(20)19-17(15(18)21)10-4-5-11-17/h6-9H,4-5,10-11H2,1-3H3,(H2,18,21)(H,19,20). The molecular weight excluding hydrogens is 280 g/mol. The molecule has 3 N–H and O–H groups in total. The highest BCUT2D eigenvalue weighted by Gasteiger charge is 2.38. The van der Waals surface area contributed by atoms with Gasteiger partial charge in [-0.2, -0.15) is 0 Å². The quantitative estimate of drug-likeness (QED) is 0.842. The topological polar surface area (TPSA) is 55.1 Å². The zero-order valence-corrected chi connectivity index (χ0v) is 13.8. The lowest BCUT2D eigenvalue weighted by Gasteiger charge is -2.29. The van der Waals surface area contributed by atoms with Crippen molar-refractivity contribution >= 4 is 23.1 Å². The second-order valence-electron chi connectivity index (χ2n) is 6.93. The molecule has 0 spiro atoms. The molecule has 0 radical (unpaired) electrons. The Morgan fingerprint density at radius 3 is 2.14 bits per heavy atom. The van der Waals surface area contributed by atoms with Gasteiger partial charge in [-0.1, -0.05) is 58.0 Å². The number of hydrogen-bond acceptors (Lipinski definition) is 2. The highest BCUT2D eigenvalue weighted by Crippen LogP contribution is 2.30. The molecule has 0 aliphatic heterocycles. The van der Waals surface area contributed by atoms with Crippen molar-refractivity contribution < 1.29 is 4.79 Å². The molecule has 0 saturated heterocycles. The Bertz CT molecular complexity index is 537. The van der Waals surface area contributed by atoms with Crippen LogP contribution in [0.25, 0.3) is 0 Å². The molecule has 0 heterocycles. The van der Waals surface area contributed by atoms with E-state index in [4.69, 9.17) is 18.0 Å². The normalized spacial score (nSPS) is 17.5. The summed E-state index contributed by atoms with van der Waals surface area (Å²) in [7, 11) is 0. The van der Waals surface area contributed by atoms with Crippen molar-refractivity contribution in [1.29, 1.82) is 0 Å². The van der Waals surface area contributed by atoms with E-state index in [1.165, 1.54) is 5.56 Å².